The molecule has 4 heterocycles. The van der Waals surface area contributed by atoms with Crippen LogP contribution >= 0.6 is 17.0 Å². The maximum absolute atomic E-state index is 9.87. The maximum atomic E-state index is 9.87. The molecule has 4 heteroatoms. The Kier molecular flexibility index (Phi) is 3.73. The van der Waals surface area contributed by atoms with Crippen LogP contribution in [0.4, 0.5) is 0 Å². The van der Waals surface area contributed by atoms with Crippen LogP contribution in [-0.4, -0.2) is 34.1 Å². The van der Waals surface area contributed by atoms with Crippen LogP contribution < -0.4 is 0 Å². The number of halogens is 1. The normalized spacial score (nSPS) is 34.7. The molecule has 0 amide bonds. The van der Waals surface area contributed by atoms with Gasteiger partial charge in [0.25, 0.3) is 0 Å². The molecule has 6 rings (SSSR count). The Labute approximate surface area is 147 Å². The Hall–Kier alpha value is -1.00. The van der Waals surface area contributed by atoms with E-state index in [1.807, 2.05) is 12.1 Å². The molecule has 1 aromatic heterocycles. The SMILES string of the molecule is Br.CC[C@@H]1CC2C[C@@H]3c4[nH]c5ccc(O)cc5c4CCN(C2)C13. The quantitative estimate of drug-likeness (QED) is 0.782. The van der Waals surface area contributed by atoms with Gasteiger partial charge in [-0.3, -0.25) is 4.90 Å². The number of aromatic nitrogens is 1. The van der Waals surface area contributed by atoms with E-state index in [9.17, 15) is 5.11 Å². The number of rotatable bonds is 1. The summed E-state index contributed by atoms with van der Waals surface area (Å²) in [6, 6.07) is 6.52. The summed E-state index contributed by atoms with van der Waals surface area (Å²) in [4.78, 5) is 6.51. The molecule has 4 aliphatic rings. The summed E-state index contributed by atoms with van der Waals surface area (Å²) < 4.78 is 0. The van der Waals surface area contributed by atoms with Crippen molar-refractivity contribution in [1.29, 1.82) is 0 Å². The van der Waals surface area contributed by atoms with Crippen LogP contribution in [0.3, 0.4) is 0 Å². The van der Waals surface area contributed by atoms with Crippen LogP contribution in [-0.2, 0) is 6.42 Å². The predicted molar refractivity (Wildman–Crippen MR) is 98.6 cm³/mol. The summed E-state index contributed by atoms with van der Waals surface area (Å²) in [6.45, 7) is 4.86. The number of hydrogen-bond acceptors (Lipinski definition) is 2. The van der Waals surface area contributed by atoms with E-state index in [2.05, 4.69) is 16.8 Å². The molecule has 0 radical (unpaired) electrons. The summed E-state index contributed by atoms with van der Waals surface area (Å²) in [7, 11) is 0. The summed E-state index contributed by atoms with van der Waals surface area (Å²) in [5.74, 6) is 2.80. The minimum absolute atomic E-state index is 0. The van der Waals surface area contributed by atoms with E-state index in [0.29, 0.717) is 11.7 Å². The van der Waals surface area contributed by atoms with Gasteiger partial charge in [-0.15, -0.1) is 17.0 Å². The first-order chi connectivity index (χ1) is 10.7. The van der Waals surface area contributed by atoms with Gasteiger partial charge >= 0.3 is 0 Å². The molecule has 1 aliphatic carbocycles. The number of hydrogen-bond donors (Lipinski definition) is 2. The van der Waals surface area contributed by atoms with Gasteiger partial charge in [0, 0.05) is 41.6 Å². The maximum Gasteiger partial charge on any atom is 0.116 e. The number of nitrogens with zero attached hydrogens (tertiary/aromatic N) is 1. The number of aromatic hydroxyl groups is 1. The number of benzene rings is 1. The van der Waals surface area contributed by atoms with Crippen molar-refractivity contribution in [2.24, 2.45) is 11.8 Å². The highest BCUT2D eigenvalue weighted by Gasteiger charge is 2.48. The molecular weight excluding hydrogens is 352 g/mol. The second-order valence-electron chi connectivity index (χ2n) is 7.59. The molecule has 1 aromatic carbocycles. The fourth-order valence-electron chi connectivity index (χ4n) is 5.68. The van der Waals surface area contributed by atoms with Crippen molar-refractivity contribution in [3.63, 3.8) is 0 Å². The zero-order chi connectivity index (χ0) is 14.8. The molecule has 3 unspecified atom stereocenters. The fraction of sp³-hybridized carbons (Fsp3) is 0.579. The lowest BCUT2D eigenvalue weighted by atomic mass is 9.65. The van der Waals surface area contributed by atoms with Gasteiger partial charge in [0.1, 0.15) is 5.75 Å². The van der Waals surface area contributed by atoms with Crippen LogP contribution in [0, 0.1) is 11.8 Å². The second-order valence-corrected chi connectivity index (χ2v) is 7.59. The highest BCUT2D eigenvalue weighted by molar-refractivity contribution is 8.93. The van der Waals surface area contributed by atoms with Gasteiger partial charge in [0.2, 0.25) is 0 Å². The van der Waals surface area contributed by atoms with Crippen LogP contribution in [0.5, 0.6) is 5.75 Å². The lowest BCUT2D eigenvalue weighted by Gasteiger charge is -2.53. The first-order valence-corrected chi connectivity index (χ1v) is 8.82. The first kappa shape index (κ1) is 15.5. The van der Waals surface area contributed by atoms with E-state index >= 15 is 0 Å². The molecule has 3 aliphatic heterocycles. The largest absolute Gasteiger partial charge is 0.508 e. The summed E-state index contributed by atoms with van der Waals surface area (Å²) in [6.07, 6.45) is 5.22. The number of H-pyrrole nitrogens is 1. The van der Waals surface area contributed by atoms with Crippen LogP contribution in [0.15, 0.2) is 18.2 Å². The predicted octanol–water partition coefficient (Wildman–Crippen LogP) is 4.21. The Morgan fingerprint density at radius 2 is 2.17 bits per heavy atom. The first-order valence-electron chi connectivity index (χ1n) is 8.82. The second kappa shape index (κ2) is 5.52. The average Bonchev–Trinajstić information content (AvgIpc) is 2.85. The van der Waals surface area contributed by atoms with Gasteiger partial charge in [-0.2, -0.15) is 0 Å². The summed E-state index contributed by atoms with van der Waals surface area (Å²) in [5, 5.41) is 11.1. The fourth-order valence-corrected chi connectivity index (χ4v) is 5.68. The molecule has 5 atom stereocenters. The number of nitrogens with one attached hydrogen (secondary N) is 1. The minimum atomic E-state index is 0. The molecule has 3 fully saturated rings. The minimum Gasteiger partial charge on any atom is -0.508 e. The van der Waals surface area contributed by atoms with Gasteiger partial charge in [-0.05, 0) is 54.9 Å². The van der Waals surface area contributed by atoms with Crippen LogP contribution in [0.25, 0.3) is 10.9 Å². The number of phenolic OH excluding ortho intramolecular Hbond substituents is 1. The van der Waals surface area contributed by atoms with Crippen molar-refractivity contribution in [3.05, 3.63) is 29.5 Å². The third-order valence-corrected chi connectivity index (χ3v) is 6.50. The van der Waals surface area contributed by atoms with Crippen LogP contribution in [0.2, 0.25) is 0 Å². The van der Waals surface area contributed by atoms with Crippen molar-refractivity contribution in [2.45, 2.75) is 44.6 Å². The number of aromatic amines is 1. The van der Waals surface area contributed by atoms with Crippen molar-refractivity contribution < 1.29 is 5.11 Å². The molecule has 2 aromatic rings. The van der Waals surface area contributed by atoms with Gasteiger partial charge in [-0.1, -0.05) is 13.3 Å². The van der Waals surface area contributed by atoms with Gasteiger partial charge in [-0.25, -0.2) is 0 Å². The molecule has 23 heavy (non-hydrogen) atoms. The lowest BCUT2D eigenvalue weighted by Crippen LogP contribution is -2.56. The number of phenols is 1. The average molecular weight is 377 g/mol. The molecule has 2 saturated heterocycles. The highest BCUT2D eigenvalue weighted by atomic mass is 79.9. The third-order valence-electron chi connectivity index (χ3n) is 6.50. The standard InChI is InChI=1S/C19H24N2O.BrH/c1-2-12-7-11-8-16-18-14(5-6-21(10-11)19(12)16)15-9-13(22)3-4-17(15)20-18;/h3-4,9,11-12,16,19-20,22H,2,5-8,10H2,1H3;1H/t11?,12-,16-,19?;/m1./s1. The Balaban J connectivity index is 0.00000135. The van der Waals surface area contributed by atoms with Crippen molar-refractivity contribution >= 4 is 27.9 Å². The van der Waals surface area contributed by atoms with Gasteiger partial charge in [0.15, 0.2) is 0 Å². The smallest absolute Gasteiger partial charge is 0.116 e. The zero-order valence-electron chi connectivity index (χ0n) is 13.6. The molecular formula is C19H25BrN2O. The molecule has 0 spiro atoms. The number of fused-ring (bicyclic) bond motifs is 4. The summed E-state index contributed by atoms with van der Waals surface area (Å²) >= 11 is 0. The van der Waals surface area contributed by atoms with E-state index in [1.54, 1.807) is 6.07 Å². The lowest BCUT2D eigenvalue weighted by molar-refractivity contribution is -0.0134. The molecule has 2 N–H and O–H groups in total. The molecule has 1 saturated carbocycles. The molecule has 4 bridgehead atoms. The number of piperidine rings is 2. The van der Waals surface area contributed by atoms with Crippen LogP contribution in [0.1, 0.15) is 43.4 Å². The van der Waals surface area contributed by atoms with E-state index in [4.69, 9.17) is 0 Å². The van der Waals surface area contributed by atoms with E-state index < -0.39 is 0 Å². The monoisotopic (exact) mass is 376 g/mol. The summed E-state index contributed by atoms with van der Waals surface area (Å²) in [5.41, 5.74) is 4.16. The van der Waals surface area contributed by atoms with Crippen molar-refractivity contribution in [2.75, 3.05) is 13.1 Å². The third kappa shape index (κ3) is 2.18. The highest BCUT2D eigenvalue weighted by Crippen LogP contribution is 2.51. The molecule has 124 valence electrons. The van der Waals surface area contributed by atoms with E-state index in [-0.39, 0.29) is 17.0 Å². The van der Waals surface area contributed by atoms with E-state index in [1.165, 1.54) is 54.5 Å². The van der Waals surface area contributed by atoms with Crippen molar-refractivity contribution in [3.8, 4) is 5.75 Å². The Bertz CT molecular complexity index is 740. The van der Waals surface area contributed by atoms with Crippen molar-refractivity contribution in [1.82, 2.24) is 9.88 Å². The zero-order valence-corrected chi connectivity index (χ0v) is 15.3. The Morgan fingerprint density at radius 3 is 3.00 bits per heavy atom. The topological polar surface area (TPSA) is 39.3 Å². The van der Waals surface area contributed by atoms with Gasteiger partial charge in [0.05, 0.1) is 0 Å². The Morgan fingerprint density at radius 1 is 1.30 bits per heavy atom. The van der Waals surface area contributed by atoms with E-state index in [0.717, 1.165) is 24.3 Å². The van der Waals surface area contributed by atoms with Gasteiger partial charge < -0.3 is 10.1 Å². The molecule has 3 nitrogen and oxygen atoms in total.